The molecule has 2 amide bonds. The molecular weight excluding hydrogens is 380 g/mol. The van der Waals surface area contributed by atoms with Crippen molar-refractivity contribution < 1.29 is 19.6 Å². The Morgan fingerprint density at radius 1 is 1.07 bits per heavy atom. The van der Waals surface area contributed by atoms with Crippen LogP contribution in [0.2, 0.25) is 0 Å². The Morgan fingerprint density at radius 2 is 1.77 bits per heavy atom. The minimum absolute atomic E-state index is 0.0259. The number of phenols is 1. The highest BCUT2D eigenvalue weighted by atomic mass is 16.3. The van der Waals surface area contributed by atoms with E-state index in [9.17, 15) is 14.7 Å². The fourth-order valence-electron chi connectivity index (χ4n) is 3.83. The molecule has 2 aromatic carbocycles. The summed E-state index contributed by atoms with van der Waals surface area (Å²) in [6, 6.07) is 14.5. The zero-order valence-corrected chi connectivity index (χ0v) is 17.7. The van der Waals surface area contributed by atoms with Crippen LogP contribution in [0.25, 0.3) is 0 Å². The lowest BCUT2D eigenvalue weighted by molar-refractivity contribution is -0.892. The molecule has 7 nitrogen and oxygen atoms in total. The van der Waals surface area contributed by atoms with Gasteiger partial charge in [-0.1, -0.05) is 18.2 Å². The number of phenolic OH excluding ortho intramolecular Hbond substituents is 1. The third-order valence-electron chi connectivity index (χ3n) is 5.55. The second kappa shape index (κ2) is 10.1. The molecule has 3 N–H and O–H groups in total. The minimum atomic E-state index is -0.0616. The summed E-state index contributed by atoms with van der Waals surface area (Å²) >= 11 is 0. The Bertz CT molecular complexity index is 874. The van der Waals surface area contributed by atoms with Crippen molar-refractivity contribution in [1.82, 2.24) is 4.90 Å². The number of carbonyl (C=O) groups is 2. The molecule has 1 aliphatic heterocycles. The molecule has 0 aromatic heterocycles. The summed E-state index contributed by atoms with van der Waals surface area (Å²) in [7, 11) is 0. The fraction of sp³-hybridized carbons (Fsp3) is 0.391. The maximum absolute atomic E-state index is 12.5. The summed E-state index contributed by atoms with van der Waals surface area (Å²) in [6.45, 7) is 8.81. The van der Waals surface area contributed by atoms with E-state index in [-0.39, 0.29) is 17.6 Å². The number of hydrogen-bond acceptors (Lipinski definition) is 4. The predicted molar refractivity (Wildman–Crippen MR) is 118 cm³/mol. The third kappa shape index (κ3) is 5.30. The number of nitrogens with zero attached hydrogens (tertiary/aromatic N) is 2. The number of quaternary nitrogens is 1. The van der Waals surface area contributed by atoms with Gasteiger partial charge in [-0.25, -0.2) is 0 Å². The minimum Gasteiger partial charge on any atom is -0.506 e. The van der Waals surface area contributed by atoms with Crippen LogP contribution in [-0.2, 0) is 4.79 Å². The monoisotopic (exact) mass is 411 g/mol. The molecule has 0 spiro atoms. The van der Waals surface area contributed by atoms with Crippen molar-refractivity contribution in [3.8, 4) is 5.75 Å². The van der Waals surface area contributed by atoms with Crippen molar-refractivity contribution in [3.63, 3.8) is 0 Å². The molecule has 0 saturated carbocycles. The van der Waals surface area contributed by atoms with E-state index in [0.717, 1.165) is 31.9 Å². The van der Waals surface area contributed by atoms with Crippen molar-refractivity contribution in [2.45, 2.75) is 13.8 Å². The molecule has 30 heavy (non-hydrogen) atoms. The van der Waals surface area contributed by atoms with Gasteiger partial charge in [-0.05, 0) is 44.2 Å². The number of rotatable bonds is 7. The standard InChI is InChI=1S/C23H30N4O3/c1-3-26(4-2)23(30)18-8-7-9-19(16-18)24-22(29)17-25-12-14-27(15-13-25)20-10-5-6-11-21(20)28/h5-11,16,28H,3-4,12-15,17H2,1-2H3,(H,24,29)/p+1. The first-order valence-corrected chi connectivity index (χ1v) is 10.6. The molecule has 160 valence electrons. The van der Waals surface area contributed by atoms with E-state index in [4.69, 9.17) is 0 Å². The average molecular weight is 412 g/mol. The molecule has 7 heteroatoms. The normalized spacial score (nSPS) is 14.4. The van der Waals surface area contributed by atoms with E-state index in [0.29, 0.717) is 30.9 Å². The molecule has 1 heterocycles. The summed E-state index contributed by atoms with van der Waals surface area (Å²) in [5.41, 5.74) is 2.07. The highest BCUT2D eigenvalue weighted by Gasteiger charge is 2.23. The Morgan fingerprint density at radius 3 is 2.43 bits per heavy atom. The SMILES string of the molecule is CCN(CC)C(=O)c1cccc(NC(=O)C[NH+]2CCN(c3ccccc3O)CC2)c1. The van der Waals surface area contributed by atoms with Gasteiger partial charge in [0.1, 0.15) is 5.75 Å². The van der Waals surface area contributed by atoms with Crippen molar-refractivity contribution in [1.29, 1.82) is 0 Å². The van der Waals surface area contributed by atoms with E-state index < -0.39 is 0 Å². The smallest absolute Gasteiger partial charge is 0.279 e. The van der Waals surface area contributed by atoms with E-state index in [1.54, 1.807) is 29.2 Å². The van der Waals surface area contributed by atoms with Crippen LogP contribution < -0.4 is 15.1 Å². The first-order valence-electron chi connectivity index (χ1n) is 10.6. The molecule has 0 radical (unpaired) electrons. The largest absolute Gasteiger partial charge is 0.506 e. The van der Waals surface area contributed by atoms with Crippen LogP contribution in [0.5, 0.6) is 5.75 Å². The maximum atomic E-state index is 12.5. The molecule has 1 saturated heterocycles. The molecule has 0 aliphatic carbocycles. The number of anilines is 2. The summed E-state index contributed by atoms with van der Waals surface area (Å²) in [4.78, 5) is 30.2. The summed E-state index contributed by atoms with van der Waals surface area (Å²) < 4.78 is 0. The lowest BCUT2D eigenvalue weighted by Crippen LogP contribution is -3.15. The summed E-state index contributed by atoms with van der Waals surface area (Å²) in [5, 5.41) is 13.0. The first kappa shape index (κ1) is 21.6. The van der Waals surface area contributed by atoms with Crippen LogP contribution in [0.15, 0.2) is 48.5 Å². The second-order valence-corrected chi connectivity index (χ2v) is 7.51. The van der Waals surface area contributed by atoms with Crippen molar-refractivity contribution in [2.24, 2.45) is 0 Å². The van der Waals surface area contributed by atoms with Gasteiger partial charge in [0.2, 0.25) is 0 Å². The molecule has 0 atom stereocenters. The molecule has 3 rings (SSSR count). The number of amides is 2. The van der Waals surface area contributed by atoms with Crippen LogP contribution in [-0.4, -0.2) is 67.6 Å². The zero-order chi connectivity index (χ0) is 21.5. The van der Waals surface area contributed by atoms with Crippen LogP contribution >= 0.6 is 0 Å². The Labute approximate surface area is 177 Å². The number of aromatic hydroxyl groups is 1. The quantitative estimate of drug-likeness (QED) is 0.640. The van der Waals surface area contributed by atoms with Gasteiger partial charge < -0.3 is 25.1 Å². The van der Waals surface area contributed by atoms with Gasteiger partial charge in [0.15, 0.2) is 6.54 Å². The van der Waals surface area contributed by atoms with Crippen LogP contribution in [0.4, 0.5) is 11.4 Å². The van der Waals surface area contributed by atoms with E-state index in [1.165, 1.54) is 4.90 Å². The Balaban J connectivity index is 1.52. The number of para-hydroxylation sites is 2. The number of piperazine rings is 1. The zero-order valence-electron chi connectivity index (χ0n) is 17.7. The van der Waals surface area contributed by atoms with E-state index in [2.05, 4.69) is 10.2 Å². The molecule has 2 aromatic rings. The van der Waals surface area contributed by atoms with Crippen LogP contribution in [0.1, 0.15) is 24.2 Å². The molecular formula is C23H31N4O3+. The Hall–Kier alpha value is -3.06. The van der Waals surface area contributed by atoms with E-state index in [1.807, 2.05) is 38.1 Å². The van der Waals surface area contributed by atoms with Crippen molar-refractivity contribution >= 4 is 23.2 Å². The van der Waals surface area contributed by atoms with Gasteiger partial charge in [-0.2, -0.15) is 0 Å². The highest BCUT2D eigenvalue weighted by molar-refractivity contribution is 5.97. The van der Waals surface area contributed by atoms with Gasteiger partial charge >= 0.3 is 0 Å². The van der Waals surface area contributed by atoms with Crippen molar-refractivity contribution in [2.75, 3.05) is 56.0 Å². The average Bonchev–Trinajstić information content (AvgIpc) is 2.75. The Kier molecular flexibility index (Phi) is 7.30. The fourth-order valence-corrected chi connectivity index (χ4v) is 3.83. The third-order valence-corrected chi connectivity index (χ3v) is 5.55. The van der Waals surface area contributed by atoms with E-state index >= 15 is 0 Å². The second-order valence-electron chi connectivity index (χ2n) is 7.51. The van der Waals surface area contributed by atoms with Gasteiger partial charge in [0.25, 0.3) is 11.8 Å². The molecule has 0 bridgehead atoms. The topological polar surface area (TPSA) is 77.3 Å². The lowest BCUT2D eigenvalue weighted by Gasteiger charge is -2.33. The van der Waals surface area contributed by atoms with Gasteiger partial charge in [-0.15, -0.1) is 0 Å². The number of hydrogen-bond donors (Lipinski definition) is 3. The van der Waals surface area contributed by atoms with Crippen LogP contribution in [0, 0.1) is 0 Å². The lowest BCUT2D eigenvalue weighted by atomic mass is 10.1. The summed E-state index contributed by atoms with van der Waals surface area (Å²) in [5.74, 6) is 0.202. The number of benzene rings is 2. The predicted octanol–water partition coefficient (Wildman–Crippen LogP) is 1.22. The first-order chi connectivity index (χ1) is 14.5. The molecule has 1 aliphatic rings. The highest BCUT2D eigenvalue weighted by Crippen LogP contribution is 2.25. The van der Waals surface area contributed by atoms with Crippen LogP contribution in [0.3, 0.4) is 0 Å². The van der Waals surface area contributed by atoms with Gasteiger partial charge in [0.05, 0.1) is 31.9 Å². The van der Waals surface area contributed by atoms with Gasteiger partial charge in [-0.3, -0.25) is 9.59 Å². The maximum Gasteiger partial charge on any atom is 0.279 e. The number of carbonyl (C=O) groups excluding carboxylic acids is 2. The van der Waals surface area contributed by atoms with Crippen molar-refractivity contribution in [3.05, 3.63) is 54.1 Å². The molecule has 0 unspecified atom stereocenters. The van der Waals surface area contributed by atoms with Gasteiger partial charge in [0, 0.05) is 24.3 Å². The summed E-state index contributed by atoms with van der Waals surface area (Å²) in [6.07, 6.45) is 0. The number of nitrogens with one attached hydrogen (secondary N) is 2. The molecule has 1 fully saturated rings.